The van der Waals surface area contributed by atoms with Crippen LogP contribution >= 0.6 is 0 Å². The smallest absolute Gasteiger partial charge is 0.227 e. The van der Waals surface area contributed by atoms with Crippen LogP contribution in [0.15, 0.2) is 34.9 Å². The zero-order valence-electron chi connectivity index (χ0n) is 17.7. The van der Waals surface area contributed by atoms with E-state index in [1.54, 1.807) is 0 Å². The Morgan fingerprint density at radius 3 is 2.64 bits per heavy atom. The van der Waals surface area contributed by atoms with Crippen LogP contribution in [-0.2, 0) is 0 Å². The summed E-state index contributed by atoms with van der Waals surface area (Å²) in [5.74, 6) is 0.706. The lowest BCUT2D eigenvalue weighted by molar-refractivity contribution is 0.0402. The standard InChI is InChI=1S/C25H32N2O/c1-17-10-11-19-20-9-8-14-26-23(20)28-22(19)21(17)27-15-18(2)25(16-24(27,3)4)12-6-5-7-13-25/h8-11,14,18H,5-7,12-13,15-16H2,1-4H3/t18-/m1/s1. The Morgan fingerprint density at radius 2 is 1.86 bits per heavy atom. The van der Waals surface area contributed by atoms with Gasteiger partial charge in [-0.3, -0.25) is 0 Å². The second kappa shape index (κ2) is 6.23. The molecule has 3 aromatic rings. The number of anilines is 1. The first kappa shape index (κ1) is 18.0. The predicted octanol–water partition coefficient (Wildman–Crippen LogP) is 6.86. The Labute approximate surface area is 168 Å². The number of hydrogen-bond donors (Lipinski definition) is 0. The minimum absolute atomic E-state index is 0.120. The Balaban J connectivity index is 1.64. The lowest BCUT2D eigenvalue weighted by atomic mass is 9.58. The van der Waals surface area contributed by atoms with E-state index >= 15 is 0 Å². The number of pyridine rings is 1. The summed E-state index contributed by atoms with van der Waals surface area (Å²) in [6.45, 7) is 10.7. The Bertz CT molecular complexity index is 1030. The molecule has 0 bridgehead atoms. The summed E-state index contributed by atoms with van der Waals surface area (Å²) in [6, 6.07) is 8.57. The van der Waals surface area contributed by atoms with Crippen LogP contribution in [0.5, 0.6) is 0 Å². The van der Waals surface area contributed by atoms with Crippen molar-refractivity contribution in [1.29, 1.82) is 0 Å². The van der Waals surface area contributed by atoms with Crippen molar-refractivity contribution in [2.45, 2.75) is 71.8 Å². The van der Waals surface area contributed by atoms with Gasteiger partial charge >= 0.3 is 0 Å². The van der Waals surface area contributed by atoms with Gasteiger partial charge in [-0.15, -0.1) is 0 Å². The van der Waals surface area contributed by atoms with Crippen molar-refractivity contribution in [2.75, 3.05) is 11.4 Å². The number of nitrogens with zero attached hydrogens (tertiary/aromatic N) is 2. The van der Waals surface area contributed by atoms with Gasteiger partial charge in [-0.1, -0.05) is 38.3 Å². The number of aryl methyl sites for hydroxylation is 1. The summed E-state index contributed by atoms with van der Waals surface area (Å²) in [6.07, 6.45) is 10.1. The number of aromatic nitrogens is 1. The maximum Gasteiger partial charge on any atom is 0.227 e. The first-order chi connectivity index (χ1) is 13.4. The number of rotatable bonds is 1. The molecule has 3 heterocycles. The minimum Gasteiger partial charge on any atom is -0.436 e. The maximum absolute atomic E-state index is 6.33. The van der Waals surface area contributed by atoms with E-state index in [9.17, 15) is 0 Å². The molecule has 1 aliphatic heterocycles. The summed E-state index contributed by atoms with van der Waals surface area (Å²) in [5, 5.41) is 2.30. The molecule has 2 aliphatic rings. The summed E-state index contributed by atoms with van der Waals surface area (Å²) >= 11 is 0. The number of fused-ring (bicyclic) bond motifs is 3. The van der Waals surface area contributed by atoms with E-state index < -0.39 is 0 Å². The van der Waals surface area contributed by atoms with Crippen molar-refractivity contribution < 1.29 is 4.42 Å². The van der Waals surface area contributed by atoms with Gasteiger partial charge in [-0.2, -0.15) is 0 Å². The third kappa shape index (κ3) is 2.58. The molecular weight excluding hydrogens is 344 g/mol. The fourth-order valence-corrected chi connectivity index (χ4v) is 6.26. The summed E-state index contributed by atoms with van der Waals surface area (Å²) in [5.41, 5.74) is 4.97. The third-order valence-corrected chi connectivity index (χ3v) is 7.73. The molecule has 0 N–H and O–H groups in total. The molecule has 3 nitrogen and oxygen atoms in total. The maximum atomic E-state index is 6.33. The van der Waals surface area contributed by atoms with Gasteiger partial charge in [0.1, 0.15) is 0 Å². The number of hydrogen-bond acceptors (Lipinski definition) is 3. The molecule has 2 aromatic heterocycles. The van der Waals surface area contributed by atoms with E-state index in [-0.39, 0.29) is 5.54 Å². The van der Waals surface area contributed by atoms with Crippen molar-refractivity contribution in [3.8, 4) is 0 Å². The zero-order chi connectivity index (χ0) is 19.5. The zero-order valence-corrected chi connectivity index (χ0v) is 17.7. The fraction of sp³-hybridized carbons (Fsp3) is 0.560. The van der Waals surface area contributed by atoms with Crippen LogP contribution in [0.1, 0.15) is 64.9 Å². The molecule has 0 unspecified atom stereocenters. The number of furan rings is 1. The molecule has 1 spiro atoms. The summed E-state index contributed by atoms with van der Waals surface area (Å²) in [7, 11) is 0. The van der Waals surface area contributed by atoms with E-state index in [0.29, 0.717) is 11.3 Å². The van der Waals surface area contributed by atoms with E-state index in [1.807, 2.05) is 12.3 Å². The topological polar surface area (TPSA) is 29.3 Å². The molecule has 0 radical (unpaired) electrons. The Morgan fingerprint density at radius 1 is 1.07 bits per heavy atom. The van der Waals surface area contributed by atoms with Gasteiger partial charge in [-0.05, 0) is 69.1 Å². The molecule has 0 amide bonds. The van der Waals surface area contributed by atoms with E-state index in [4.69, 9.17) is 4.42 Å². The SMILES string of the molecule is Cc1ccc2c(oc3ncccc32)c1N1C[C@@H](C)C2(CCCCC2)CC1(C)C. The third-order valence-electron chi connectivity index (χ3n) is 7.73. The highest BCUT2D eigenvalue weighted by molar-refractivity contribution is 6.08. The number of benzene rings is 1. The van der Waals surface area contributed by atoms with Crippen LogP contribution < -0.4 is 4.90 Å². The molecule has 1 aromatic carbocycles. The van der Waals surface area contributed by atoms with Crippen molar-refractivity contribution in [2.24, 2.45) is 11.3 Å². The van der Waals surface area contributed by atoms with Crippen LogP contribution in [0, 0.1) is 18.3 Å². The first-order valence-corrected chi connectivity index (χ1v) is 11.0. The Hall–Kier alpha value is -2.03. The van der Waals surface area contributed by atoms with Gasteiger partial charge in [0.05, 0.1) is 5.69 Å². The predicted molar refractivity (Wildman–Crippen MR) is 117 cm³/mol. The van der Waals surface area contributed by atoms with Gasteiger partial charge in [0, 0.05) is 29.1 Å². The van der Waals surface area contributed by atoms with Crippen LogP contribution in [0.4, 0.5) is 5.69 Å². The van der Waals surface area contributed by atoms with Crippen LogP contribution in [0.2, 0.25) is 0 Å². The van der Waals surface area contributed by atoms with Crippen molar-refractivity contribution in [3.05, 3.63) is 36.0 Å². The van der Waals surface area contributed by atoms with E-state index in [0.717, 1.165) is 23.2 Å². The van der Waals surface area contributed by atoms with Crippen LogP contribution in [-0.4, -0.2) is 17.1 Å². The molecular formula is C25H32N2O. The molecule has 1 atom stereocenters. The van der Waals surface area contributed by atoms with Gasteiger partial charge in [0.25, 0.3) is 0 Å². The largest absolute Gasteiger partial charge is 0.436 e. The molecule has 5 rings (SSSR count). The normalized spacial score (nSPS) is 24.3. The molecule has 148 valence electrons. The van der Waals surface area contributed by atoms with Gasteiger partial charge in [-0.25, -0.2) is 4.98 Å². The monoisotopic (exact) mass is 376 g/mol. The highest BCUT2D eigenvalue weighted by Crippen LogP contribution is 2.54. The molecule has 2 fully saturated rings. The average Bonchev–Trinajstić information content (AvgIpc) is 3.04. The molecule has 1 saturated heterocycles. The average molecular weight is 377 g/mol. The highest BCUT2D eigenvalue weighted by Gasteiger charge is 2.49. The fourth-order valence-electron chi connectivity index (χ4n) is 6.26. The van der Waals surface area contributed by atoms with Crippen LogP contribution in [0.25, 0.3) is 22.1 Å². The van der Waals surface area contributed by atoms with E-state index in [1.165, 1.54) is 55.2 Å². The lowest BCUT2D eigenvalue weighted by Gasteiger charge is -2.57. The van der Waals surface area contributed by atoms with E-state index in [2.05, 4.69) is 55.8 Å². The van der Waals surface area contributed by atoms with Crippen molar-refractivity contribution in [3.63, 3.8) is 0 Å². The minimum atomic E-state index is 0.120. The second-order valence-electron chi connectivity index (χ2n) is 9.99. The first-order valence-electron chi connectivity index (χ1n) is 11.0. The van der Waals surface area contributed by atoms with Gasteiger partial charge in [0.2, 0.25) is 5.71 Å². The number of piperidine rings is 1. The molecule has 28 heavy (non-hydrogen) atoms. The van der Waals surface area contributed by atoms with Gasteiger partial charge in [0.15, 0.2) is 5.58 Å². The summed E-state index contributed by atoms with van der Waals surface area (Å²) < 4.78 is 6.33. The summed E-state index contributed by atoms with van der Waals surface area (Å²) in [4.78, 5) is 7.12. The lowest BCUT2D eigenvalue weighted by Crippen LogP contribution is -2.58. The molecule has 3 heteroatoms. The van der Waals surface area contributed by atoms with Crippen molar-refractivity contribution >= 4 is 27.8 Å². The second-order valence-corrected chi connectivity index (χ2v) is 9.99. The van der Waals surface area contributed by atoms with Crippen LogP contribution in [0.3, 0.4) is 0 Å². The molecule has 1 aliphatic carbocycles. The van der Waals surface area contributed by atoms with Crippen molar-refractivity contribution in [1.82, 2.24) is 4.98 Å². The highest BCUT2D eigenvalue weighted by atomic mass is 16.3. The van der Waals surface area contributed by atoms with Gasteiger partial charge < -0.3 is 9.32 Å². The molecule has 1 saturated carbocycles. The quantitative estimate of drug-likeness (QED) is 0.464. The Kier molecular flexibility index (Phi) is 4.01.